The molecular weight excluding hydrogens is 398 g/mol. The van der Waals surface area contributed by atoms with Gasteiger partial charge in [0.15, 0.2) is 0 Å². The van der Waals surface area contributed by atoms with E-state index in [2.05, 4.69) is 12.2 Å². The second-order valence-corrected chi connectivity index (χ2v) is 9.93. The lowest BCUT2D eigenvalue weighted by Crippen LogP contribution is -2.48. The smallest absolute Gasteiger partial charge is 0.254 e. The van der Waals surface area contributed by atoms with E-state index in [-0.39, 0.29) is 24.1 Å². The van der Waals surface area contributed by atoms with Gasteiger partial charge in [0.2, 0.25) is 10.0 Å². The van der Waals surface area contributed by atoms with Crippen molar-refractivity contribution in [1.82, 2.24) is 14.5 Å². The van der Waals surface area contributed by atoms with Gasteiger partial charge in [0.25, 0.3) is 5.91 Å². The van der Waals surface area contributed by atoms with Crippen LogP contribution in [0, 0.1) is 6.92 Å². The Morgan fingerprint density at radius 1 is 1.07 bits per heavy atom. The predicted octanol–water partition coefficient (Wildman–Crippen LogP) is 2.48. The first-order chi connectivity index (χ1) is 14.4. The molecule has 0 unspecified atom stereocenters. The normalized spacial score (nSPS) is 16.2. The fraction of sp³-hybridized carbons (Fsp3) is 0.435. The fourth-order valence-electron chi connectivity index (χ4n) is 3.75. The summed E-state index contributed by atoms with van der Waals surface area (Å²) in [7, 11) is -3.41. The van der Waals surface area contributed by atoms with Crippen molar-refractivity contribution < 1.29 is 13.2 Å². The molecule has 3 rings (SSSR count). The molecule has 1 fully saturated rings. The zero-order valence-electron chi connectivity index (χ0n) is 17.8. The largest absolute Gasteiger partial charge is 0.337 e. The number of piperazine rings is 1. The van der Waals surface area contributed by atoms with Crippen molar-refractivity contribution in [2.45, 2.75) is 19.8 Å². The minimum absolute atomic E-state index is 0.0634. The number of amides is 1. The van der Waals surface area contributed by atoms with E-state index in [1.165, 1.54) is 4.31 Å². The first-order valence-corrected chi connectivity index (χ1v) is 12.1. The number of aryl methyl sites for hydroxylation is 1. The molecule has 0 aliphatic carbocycles. The molecule has 1 N–H and O–H groups in total. The van der Waals surface area contributed by atoms with E-state index in [0.717, 1.165) is 11.1 Å². The Kier molecular flexibility index (Phi) is 7.64. The van der Waals surface area contributed by atoms with Gasteiger partial charge in [-0.15, -0.1) is 0 Å². The summed E-state index contributed by atoms with van der Waals surface area (Å²) in [6, 6.07) is 17.5. The first kappa shape index (κ1) is 22.5. The zero-order chi connectivity index (χ0) is 21.6. The number of benzene rings is 2. The maximum Gasteiger partial charge on any atom is 0.254 e. The zero-order valence-corrected chi connectivity index (χ0v) is 18.6. The summed E-state index contributed by atoms with van der Waals surface area (Å²) in [6.45, 7) is 6.90. The molecule has 162 valence electrons. The lowest BCUT2D eigenvalue weighted by Gasteiger charge is -2.30. The van der Waals surface area contributed by atoms with E-state index in [9.17, 15) is 13.2 Å². The molecule has 2 aromatic rings. The molecule has 0 spiro atoms. The molecule has 1 amide bonds. The minimum atomic E-state index is -3.41. The summed E-state index contributed by atoms with van der Waals surface area (Å²) in [5, 5.41) is 3.17. The van der Waals surface area contributed by atoms with Crippen LogP contribution in [0.5, 0.6) is 0 Å². The third-order valence-corrected chi connectivity index (χ3v) is 7.46. The Bertz CT molecular complexity index is 941. The van der Waals surface area contributed by atoms with Crippen LogP contribution in [0.25, 0.3) is 0 Å². The highest BCUT2D eigenvalue weighted by Gasteiger charge is 2.27. The summed E-state index contributed by atoms with van der Waals surface area (Å²) in [4.78, 5) is 15.0. The number of carbonyl (C=O) groups is 1. The molecule has 0 saturated carbocycles. The van der Waals surface area contributed by atoms with Gasteiger partial charge in [0, 0.05) is 44.8 Å². The van der Waals surface area contributed by atoms with Crippen molar-refractivity contribution >= 4 is 15.9 Å². The highest BCUT2D eigenvalue weighted by molar-refractivity contribution is 7.89. The quantitative estimate of drug-likeness (QED) is 0.700. The van der Waals surface area contributed by atoms with Crippen LogP contribution in [0.1, 0.15) is 34.3 Å². The van der Waals surface area contributed by atoms with Gasteiger partial charge in [-0.3, -0.25) is 4.79 Å². The summed E-state index contributed by atoms with van der Waals surface area (Å²) in [5.41, 5.74) is 2.65. The van der Waals surface area contributed by atoms with Crippen molar-refractivity contribution in [3.63, 3.8) is 0 Å². The van der Waals surface area contributed by atoms with Gasteiger partial charge in [0.05, 0.1) is 5.75 Å². The van der Waals surface area contributed by atoms with Crippen LogP contribution in [-0.2, 0) is 10.0 Å². The second-order valence-electron chi connectivity index (χ2n) is 7.84. The molecule has 1 heterocycles. The van der Waals surface area contributed by atoms with Gasteiger partial charge in [0.1, 0.15) is 0 Å². The number of sulfonamides is 1. The predicted molar refractivity (Wildman–Crippen MR) is 120 cm³/mol. The molecule has 30 heavy (non-hydrogen) atoms. The average Bonchev–Trinajstić information content (AvgIpc) is 2.77. The van der Waals surface area contributed by atoms with E-state index in [0.29, 0.717) is 38.3 Å². The summed E-state index contributed by atoms with van der Waals surface area (Å²) < 4.78 is 27.2. The second kappa shape index (κ2) is 10.2. The van der Waals surface area contributed by atoms with E-state index >= 15 is 0 Å². The number of nitrogens with one attached hydrogen (secondary N) is 1. The molecule has 6 nitrogen and oxygen atoms in total. The first-order valence-electron chi connectivity index (χ1n) is 10.5. The van der Waals surface area contributed by atoms with Crippen LogP contribution >= 0.6 is 0 Å². The van der Waals surface area contributed by atoms with Crippen molar-refractivity contribution in [3.8, 4) is 0 Å². The number of hydrogen-bond donors (Lipinski definition) is 1. The standard InChI is InChI=1S/C23H31N3O3S/c1-19-8-6-7-11-22(19)23(27)25(18-20(2)21-9-4-3-5-10-21)16-17-30(28,29)26-14-12-24-13-15-26/h3-11,20,24H,12-18H2,1-2H3/t20-/m0/s1. The average molecular weight is 430 g/mol. The topological polar surface area (TPSA) is 69.7 Å². The highest BCUT2D eigenvalue weighted by atomic mass is 32.2. The molecular formula is C23H31N3O3S. The third-order valence-electron chi connectivity index (χ3n) is 5.61. The lowest BCUT2D eigenvalue weighted by atomic mass is 10.00. The molecule has 1 atom stereocenters. The fourth-order valence-corrected chi connectivity index (χ4v) is 5.20. The highest BCUT2D eigenvalue weighted by Crippen LogP contribution is 2.19. The number of hydrogen-bond acceptors (Lipinski definition) is 4. The summed E-state index contributed by atoms with van der Waals surface area (Å²) in [6.07, 6.45) is 0. The monoisotopic (exact) mass is 429 g/mol. The molecule has 0 aromatic heterocycles. The van der Waals surface area contributed by atoms with Gasteiger partial charge < -0.3 is 10.2 Å². The van der Waals surface area contributed by atoms with Gasteiger partial charge in [-0.1, -0.05) is 55.5 Å². The van der Waals surface area contributed by atoms with E-state index in [1.54, 1.807) is 4.90 Å². The SMILES string of the molecule is Cc1ccccc1C(=O)N(CCS(=O)(=O)N1CCNCC1)C[C@H](C)c1ccccc1. The molecule has 2 aromatic carbocycles. The Balaban J connectivity index is 1.78. The molecule has 7 heteroatoms. The van der Waals surface area contributed by atoms with Crippen LogP contribution in [0.4, 0.5) is 0 Å². The van der Waals surface area contributed by atoms with E-state index in [1.807, 2.05) is 61.5 Å². The van der Waals surface area contributed by atoms with Crippen LogP contribution < -0.4 is 5.32 Å². The number of rotatable bonds is 8. The molecule has 1 saturated heterocycles. The Morgan fingerprint density at radius 3 is 2.37 bits per heavy atom. The van der Waals surface area contributed by atoms with Crippen LogP contribution in [0.2, 0.25) is 0 Å². The van der Waals surface area contributed by atoms with Crippen LogP contribution in [-0.4, -0.2) is 68.6 Å². The van der Waals surface area contributed by atoms with Gasteiger partial charge >= 0.3 is 0 Å². The Labute approximate surface area is 179 Å². The molecule has 0 bridgehead atoms. The molecule has 1 aliphatic heterocycles. The van der Waals surface area contributed by atoms with Crippen molar-refractivity contribution in [1.29, 1.82) is 0 Å². The molecule has 1 aliphatic rings. The summed E-state index contributed by atoms with van der Waals surface area (Å²) in [5.74, 6) is -0.0842. The lowest BCUT2D eigenvalue weighted by molar-refractivity contribution is 0.0756. The Morgan fingerprint density at radius 2 is 1.70 bits per heavy atom. The van der Waals surface area contributed by atoms with Crippen molar-refractivity contribution in [3.05, 3.63) is 71.3 Å². The summed E-state index contributed by atoms with van der Waals surface area (Å²) >= 11 is 0. The maximum atomic E-state index is 13.3. The number of nitrogens with zero attached hydrogens (tertiary/aromatic N) is 2. The van der Waals surface area contributed by atoms with Gasteiger partial charge in [-0.2, -0.15) is 4.31 Å². The number of carbonyl (C=O) groups excluding carboxylic acids is 1. The Hall–Kier alpha value is -2.22. The van der Waals surface area contributed by atoms with Crippen molar-refractivity contribution in [2.24, 2.45) is 0 Å². The van der Waals surface area contributed by atoms with Gasteiger partial charge in [-0.05, 0) is 30.0 Å². The van der Waals surface area contributed by atoms with E-state index in [4.69, 9.17) is 0 Å². The van der Waals surface area contributed by atoms with Crippen molar-refractivity contribution in [2.75, 3.05) is 45.0 Å². The molecule has 0 radical (unpaired) electrons. The van der Waals surface area contributed by atoms with Crippen LogP contribution in [0.15, 0.2) is 54.6 Å². The maximum absolute atomic E-state index is 13.3. The van der Waals surface area contributed by atoms with E-state index < -0.39 is 10.0 Å². The van der Waals surface area contributed by atoms with Gasteiger partial charge in [-0.25, -0.2) is 8.42 Å². The van der Waals surface area contributed by atoms with Crippen LogP contribution in [0.3, 0.4) is 0 Å². The third kappa shape index (κ3) is 5.68. The minimum Gasteiger partial charge on any atom is -0.337 e.